The average Bonchev–Trinajstić information content (AvgIpc) is 3.39. The van der Waals surface area contributed by atoms with Gasteiger partial charge in [-0.25, -0.2) is 4.98 Å². The van der Waals surface area contributed by atoms with Crippen molar-refractivity contribution in [1.82, 2.24) is 19.7 Å². The predicted octanol–water partition coefficient (Wildman–Crippen LogP) is 5.00. The van der Waals surface area contributed by atoms with Crippen LogP contribution in [0.15, 0.2) is 59.1 Å². The second-order valence-electron chi connectivity index (χ2n) is 6.48. The van der Waals surface area contributed by atoms with E-state index in [4.69, 9.17) is 16.3 Å². The fraction of sp³-hybridized carbons (Fsp3) is 0.143. The van der Waals surface area contributed by atoms with Crippen LogP contribution in [-0.2, 0) is 11.8 Å². The van der Waals surface area contributed by atoms with Crippen molar-refractivity contribution in [1.29, 1.82) is 0 Å². The fourth-order valence-electron chi connectivity index (χ4n) is 2.82. The molecule has 0 saturated heterocycles. The van der Waals surface area contributed by atoms with Gasteiger partial charge in [0.25, 0.3) is 0 Å². The highest BCUT2D eigenvalue weighted by Gasteiger charge is 2.14. The van der Waals surface area contributed by atoms with Crippen molar-refractivity contribution in [3.05, 3.63) is 58.9 Å². The highest BCUT2D eigenvalue weighted by atomic mass is 35.5. The monoisotopic (exact) mass is 471 g/mol. The van der Waals surface area contributed by atoms with Crippen LogP contribution in [-0.4, -0.2) is 38.5 Å². The first-order chi connectivity index (χ1) is 15.0. The second kappa shape index (κ2) is 9.51. The summed E-state index contributed by atoms with van der Waals surface area (Å²) >= 11 is 8.61. The number of amides is 1. The lowest BCUT2D eigenvalue weighted by molar-refractivity contribution is -0.113. The molecule has 0 aliphatic heterocycles. The zero-order valence-electron chi connectivity index (χ0n) is 16.7. The van der Waals surface area contributed by atoms with E-state index in [1.807, 2.05) is 65.5 Å². The lowest BCUT2D eigenvalue weighted by Crippen LogP contribution is -2.14. The molecule has 0 aliphatic rings. The van der Waals surface area contributed by atoms with Gasteiger partial charge < -0.3 is 14.6 Å². The van der Waals surface area contributed by atoms with Gasteiger partial charge in [-0.1, -0.05) is 47.6 Å². The van der Waals surface area contributed by atoms with Gasteiger partial charge in [-0.2, -0.15) is 0 Å². The number of rotatable bonds is 7. The number of benzene rings is 2. The number of thioether (sulfide) groups is 1. The Bertz CT molecular complexity index is 1210. The van der Waals surface area contributed by atoms with Crippen LogP contribution in [0.2, 0.25) is 5.02 Å². The van der Waals surface area contributed by atoms with Crippen LogP contribution < -0.4 is 10.1 Å². The molecular weight excluding hydrogens is 454 g/mol. The average molecular weight is 472 g/mol. The molecule has 10 heteroatoms. The van der Waals surface area contributed by atoms with E-state index in [1.54, 1.807) is 7.11 Å². The zero-order chi connectivity index (χ0) is 21.8. The Kier molecular flexibility index (Phi) is 6.55. The molecule has 4 rings (SSSR count). The van der Waals surface area contributed by atoms with E-state index >= 15 is 0 Å². The molecule has 2 aromatic heterocycles. The first kappa shape index (κ1) is 21.4. The molecule has 31 heavy (non-hydrogen) atoms. The van der Waals surface area contributed by atoms with Crippen molar-refractivity contribution in [2.45, 2.75) is 5.16 Å². The van der Waals surface area contributed by atoms with Gasteiger partial charge >= 0.3 is 0 Å². The SMILES string of the molecule is COc1cccc(-c2nnc(SCC(=O)Nc3nc(-c4ccc(Cl)cc4)cs3)n2C)c1. The van der Waals surface area contributed by atoms with Crippen molar-refractivity contribution >= 4 is 45.7 Å². The Hall–Kier alpha value is -2.88. The lowest BCUT2D eigenvalue weighted by Gasteiger charge is -2.05. The van der Waals surface area contributed by atoms with Crippen LogP contribution in [0.5, 0.6) is 5.75 Å². The first-order valence-electron chi connectivity index (χ1n) is 9.21. The third kappa shape index (κ3) is 5.07. The van der Waals surface area contributed by atoms with Crippen molar-refractivity contribution in [2.75, 3.05) is 18.2 Å². The number of carbonyl (C=O) groups is 1. The number of hydrogen-bond acceptors (Lipinski definition) is 7. The van der Waals surface area contributed by atoms with Gasteiger partial charge in [-0.05, 0) is 24.3 Å². The number of ether oxygens (including phenoxy) is 1. The fourth-order valence-corrected chi connectivity index (χ4v) is 4.40. The quantitative estimate of drug-likeness (QED) is 0.382. The molecule has 4 aromatic rings. The summed E-state index contributed by atoms with van der Waals surface area (Å²) < 4.78 is 7.12. The molecule has 0 spiro atoms. The lowest BCUT2D eigenvalue weighted by atomic mass is 10.2. The summed E-state index contributed by atoms with van der Waals surface area (Å²) in [7, 11) is 3.49. The van der Waals surface area contributed by atoms with Gasteiger partial charge in [-0.3, -0.25) is 4.79 Å². The Morgan fingerprint density at radius 2 is 2.00 bits per heavy atom. The highest BCUT2D eigenvalue weighted by molar-refractivity contribution is 7.99. The maximum Gasteiger partial charge on any atom is 0.236 e. The molecule has 0 saturated carbocycles. The second-order valence-corrected chi connectivity index (χ2v) is 8.72. The third-order valence-corrected chi connectivity index (χ3v) is 6.42. The van der Waals surface area contributed by atoms with Crippen molar-refractivity contribution in [3.8, 4) is 28.4 Å². The van der Waals surface area contributed by atoms with Gasteiger partial charge in [0.1, 0.15) is 5.75 Å². The molecule has 0 fully saturated rings. The molecule has 0 unspecified atom stereocenters. The van der Waals surface area contributed by atoms with E-state index in [-0.39, 0.29) is 11.7 Å². The van der Waals surface area contributed by atoms with E-state index in [9.17, 15) is 4.79 Å². The minimum absolute atomic E-state index is 0.159. The Labute approximate surface area is 192 Å². The number of halogens is 1. The first-order valence-corrected chi connectivity index (χ1v) is 11.5. The molecule has 0 atom stereocenters. The van der Waals surface area contributed by atoms with E-state index in [2.05, 4.69) is 20.5 Å². The number of aromatic nitrogens is 4. The number of hydrogen-bond donors (Lipinski definition) is 1. The Morgan fingerprint density at radius 3 is 2.77 bits per heavy atom. The van der Waals surface area contributed by atoms with Crippen molar-refractivity contribution in [3.63, 3.8) is 0 Å². The summed E-state index contributed by atoms with van der Waals surface area (Å²) in [5.74, 6) is 1.48. The summed E-state index contributed by atoms with van der Waals surface area (Å²) in [6.45, 7) is 0. The Morgan fingerprint density at radius 1 is 1.19 bits per heavy atom. The summed E-state index contributed by atoms with van der Waals surface area (Å²) in [4.78, 5) is 16.9. The molecule has 2 heterocycles. The van der Waals surface area contributed by atoms with Gasteiger partial charge in [0.15, 0.2) is 16.1 Å². The predicted molar refractivity (Wildman–Crippen MR) is 125 cm³/mol. The van der Waals surface area contributed by atoms with E-state index < -0.39 is 0 Å². The van der Waals surface area contributed by atoms with Crippen molar-refractivity contribution < 1.29 is 9.53 Å². The van der Waals surface area contributed by atoms with Gasteiger partial charge in [-0.15, -0.1) is 21.5 Å². The molecule has 0 aliphatic carbocycles. The minimum atomic E-state index is -0.159. The van der Waals surface area contributed by atoms with Crippen LogP contribution in [0.25, 0.3) is 22.6 Å². The Balaban J connectivity index is 1.37. The molecule has 1 N–H and O–H groups in total. The summed E-state index contributed by atoms with van der Waals surface area (Å²) in [5, 5.41) is 15.1. The largest absolute Gasteiger partial charge is 0.497 e. The number of carbonyl (C=O) groups excluding carboxylic acids is 1. The third-order valence-electron chi connectivity index (χ3n) is 4.39. The summed E-state index contributed by atoms with van der Waals surface area (Å²) in [6.07, 6.45) is 0. The van der Waals surface area contributed by atoms with Gasteiger partial charge in [0.05, 0.1) is 18.6 Å². The summed E-state index contributed by atoms with van der Waals surface area (Å²) in [6, 6.07) is 15.0. The number of anilines is 1. The van der Waals surface area contributed by atoms with E-state index in [1.165, 1.54) is 23.1 Å². The van der Waals surface area contributed by atoms with Gasteiger partial charge in [0, 0.05) is 28.6 Å². The number of methoxy groups -OCH3 is 1. The van der Waals surface area contributed by atoms with Gasteiger partial charge in [0.2, 0.25) is 5.91 Å². The molecule has 1 amide bonds. The molecule has 0 radical (unpaired) electrons. The molecule has 0 bridgehead atoms. The molecular formula is C21H18ClN5O2S2. The van der Waals surface area contributed by atoms with E-state index in [0.29, 0.717) is 21.1 Å². The highest BCUT2D eigenvalue weighted by Crippen LogP contribution is 2.27. The smallest absolute Gasteiger partial charge is 0.236 e. The van der Waals surface area contributed by atoms with Crippen LogP contribution >= 0.6 is 34.7 Å². The van der Waals surface area contributed by atoms with Crippen LogP contribution in [0.1, 0.15) is 0 Å². The number of nitrogens with one attached hydrogen (secondary N) is 1. The molecule has 158 valence electrons. The standard InChI is InChI=1S/C21H18ClN5O2S2/c1-27-19(14-4-3-5-16(10-14)29-2)25-26-21(27)31-12-18(28)24-20-23-17(11-30-20)13-6-8-15(22)9-7-13/h3-11H,12H2,1-2H3,(H,23,24,28). The van der Waals surface area contributed by atoms with Crippen LogP contribution in [0.4, 0.5) is 5.13 Å². The zero-order valence-corrected chi connectivity index (χ0v) is 19.1. The number of thiazole rings is 1. The summed E-state index contributed by atoms with van der Waals surface area (Å²) in [5.41, 5.74) is 2.63. The van der Waals surface area contributed by atoms with Crippen LogP contribution in [0.3, 0.4) is 0 Å². The normalized spacial score (nSPS) is 10.8. The van der Waals surface area contributed by atoms with E-state index in [0.717, 1.165) is 22.6 Å². The molecule has 7 nitrogen and oxygen atoms in total. The maximum absolute atomic E-state index is 12.4. The minimum Gasteiger partial charge on any atom is -0.497 e. The topological polar surface area (TPSA) is 81.9 Å². The number of nitrogens with zero attached hydrogens (tertiary/aromatic N) is 4. The van der Waals surface area contributed by atoms with Crippen LogP contribution in [0, 0.1) is 0 Å². The molecule has 2 aromatic carbocycles. The van der Waals surface area contributed by atoms with Crippen molar-refractivity contribution in [2.24, 2.45) is 7.05 Å². The maximum atomic E-state index is 12.4.